The maximum absolute atomic E-state index is 12.3. The van der Waals surface area contributed by atoms with Gasteiger partial charge in [0, 0.05) is 44.6 Å². The summed E-state index contributed by atoms with van der Waals surface area (Å²) < 4.78 is 40.4. The lowest BCUT2D eigenvalue weighted by Crippen LogP contribution is -2.34. The predicted octanol–water partition coefficient (Wildman–Crippen LogP) is 14.0. The minimum Gasteiger partial charge on any atom is -0.491 e. The molecule has 4 aromatic carbocycles. The molecule has 4 aromatic heterocycles. The van der Waals surface area contributed by atoms with Crippen molar-refractivity contribution < 1.29 is 27.8 Å². The van der Waals surface area contributed by atoms with Crippen molar-refractivity contribution in [3.8, 4) is 32.4 Å². The number of carbonyl (C=O) groups is 1. The Morgan fingerprint density at radius 2 is 1.08 bits per heavy atom. The number of aromatic nitrogens is 2. The number of halogens is 2. The monoisotopic (exact) mass is 885 g/mol. The van der Waals surface area contributed by atoms with Gasteiger partial charge in [-0.25, -0.2) is 23.5 Å². The summed E-state index contributed by atoms with van der Waals surface area (Å²) >= 11 is 3.30. The molecule has 8 aromatic rings. The molecule has 2 N–H and O–H groups in total. The van der Waals surface area contributed by atoms with Crippen molar-refractivity contribution in [2.45, 2.75) is 39.7 Å². The van der Waals surface area contributed by atoms with Crippen LogP contribution < -0.4 is 25.0 Å². The molecule has 0 spiro atoms. The highest BCUT2D eigenvalue weighted by molar-refractivity contribution is 7.22. The number of hydrogen-bond donors (Lipinski definition) is 2. The van der Waals surface area contributed by atoms with Crippen LogP contribution in [0.4, 0.5) is 42.3 Å². The zero-order valence-corrected chi connectivity index (χ0v) is 37.4. The van der Waals surface area contributed by atoms with Crippen molar-refractivity contribution in [2.75, 3.05) is 49.1 Å². The molecule has 13 heteroatoms. The third-order valence-electron chi connectivity index (χ3n) is 9.56. The summed E-state index contributed by atoms with van der Waals surface area (Å²) in [5.41, 5.74) is 5.60. The summed E-state index contributed by atoms with van der Waals surface area (Å²) in [5, 5.41) is 8.80. The van der Waals surface area contributed by atoms with Gasteiger partial charge in [-0.1, -0.05) is 43.3 Å². The zero-order valence-electron chi connectivity index (χ0n) is 35.8. The van der Waals surface area contributed by atoms with Crippen molar-refractivity contribution in [3.63, 3.8) is 0 Å². The molecule has 63 heavy (non-hydrogen) atoms. The van der Waals surface area contributed by atoms with Gasteiger partial charge in [0.15, 0.2) is 0 Å². The predicted molar refractivity (Wildman–Crippen MR) is 257 cm³/mol. The first-order chi connectivity index (χ1) is 30.5. The van der Waals surface area contributed by atoms with Crippen LogP contribution in [0.15, 0.2) is 133 Å². The van der Waals surface area contributed by atoms with E-state index in [2.05, 4.69) is 60.0 Å². The number of hydrogen-bond acceptors (Lipinski definition) is 10. The number of thiophene rings is 2. The average molecular weight is 886 g/mol. The number of alkyl halides is 2. The number of carbonyl (C=O) groups excluding carboxylic acids is 1. The lowest BCUT2D eigenvalue weighted by molar-refractivity contribution is 0.0589. The number of rotatable bonds is 14. The molecule has 324 valence electrons. The number of benzene rings is 4. The quantitative estimate of drug-likeness (QED) is 0.111. The minimum absolute atomic E-state index is 0.0505. The zero-order chi connectivity index (χ0) is 44.3. The van der Waals surface area contributed by atoms with Crippen LogP contribution in [0, 0.1) is 0 Å². The molecule has 0 saturated carbocycles. The van der Waals surface area contributed by atoms with E-state index in [0.29, 0.717) is 11.5 Å². The molecule has 0 atom stereocenters. The third kappa shape index (κ3) is 12.1. The van der Waals surface area contributed by atoms with Crippen molar-refractivity contribution in [1.29, 1.82) is 0 Å². The summed E-state index contributed by atoms with van der Waals surface area (Å²) in [5.74, 6) is 2.81. The summed E-state index contributed by atoms with van der Waals surface area (Å²) in [7, 11) is 1.70. The van der Waals surface area contributed by atoms with Crippen LogP contribution in [0.3, 0.4) is 0 Å². The third-order valence-corrected chi connectivity index (χ3v) is 11.8. The summed E-state index contributed by atoms with van der Waals surface area (Å²) in [4.78, 5) is 27.6. The normalized spacial score (nSPS) is 11.2. The van der Waals surface area contributed by atoms with Gasteiger partial charge in [-0.05, 0) is 141 Å². The fraction of sp³-hybridized carbons (Fsp3) is 0.220. The molecule has 0 aliphatic carbocycles. The number of pyridine rings is 2. The van der Waals surface area contributed by atoms with Gasteiger partial charge >= 0.3 is 6.09 Å². The Morgan fingerprint density at radius 3 is 1.49 bits per heavy atom. The van der Waals surface area contributed by atoms with Crippen LogP contribution in [0.5, 0.6) is 11.5 Å². The van der Waals surface area contributed by atoms with Crippen LogP contribution in [-0.2, 0) is 11.2 Å². The SMILES string of the molecule is CCc1ccc(-c2cc3ccc(Nc4ccc(OCCF)cc4)nc3s2)cc1.CN(C(=O)OC(C)(C)C)c1ccc(-c2cc3ccc(Nc4ccc(OCCF)cc4)nc3s2)cc1. The van der Waals surface area contributed by atoms with E-state index in [1.54, 1.807) is 41.9 Å². The Bertz CT molecular complexity index is 2740. The molecule has 0 unspecified atom stereocenters. The average Bonchev–Trinajstić information content (AvgIpc) is 3.92. The number of ether oxygens (including phenoxy) is 3. The van der Waals surface area contributed by atoms with Crippen LogP contribution in [0.1, 0.15) is 33.3 Å². The lowest BCUT2D eigenvalue weighted by Gasteiger charge is -2.24. The summed E-state index contributed by atoms with van der Waals surface area (Å²) in [6, 6.07) is 43.6. The topological polar surface area (TPSA) is 97.8 Å². The molecule has 0 saturated heterocycles. The molecule has 4 heterocycles. The highest BCUT2D eigenvalue weighted by Gasteiger charge is 2.21. The first-order valence-electron chi connectivity index (χ1n) is 20.6. The number of aryl methyl sites for hydroxylation is 1. The highest BCUT2D eigenvalue weighted by Crippen LogP contribution is 2.36. The van der Waals surface area contributed by atoms with Crippen molar-refractivity contribution in [3.05, 3.63) is 139 Å². The van der Waals surface area contributed by atoms with Crippen LogP contribution in [0.2, 0.25) is 0 Å². The van der Waals surface area contributed by atoms with Gasteiger partial charge in [-0.3, -0.25) is 4.90 Å². The number of fused-ring (bicyclic) bond motifs is 2. The van der Waals surface area contributed by atoms with Gasteiger partial charge in [0.2, 0.25) is 0 Å². The van der Waals surface area contributed by atoms with E-state index in [0.717, 1.165) is 66.0 Å². The highest BCUT2D eigenvalue weighted by atomic mass is 32.1. The van der Waals surface area contributed by atoms with Gasteiger partial charge in [-0.15, -0.1) is 22.7 Å². The second-order valence-corrected chi connectivity index (χ2v) is 17.5. The number of amides is 1. The molecule has 0 bridgehead atoms. The van der Waals surface area contributed by atoms with Gasteiger partial charge in [0.05, 0.1) is 0 Å². The molecular formula is C50H49F2N5O4S2. The first-order valence-corrected chi connectivity index (χ1v) is 22.2. The van der Waals surface area contributed by atoms with E-state index in [1.807, 2.05) is 99.6 Å². The Kier molecular flexibility index (Phi) is 14.5. The maximum Gasteiger partial charge on any atom is 0.414 e. The molecule has 8 rings (SSSR count). The van der Waals surface area contributed by atoms with E-state index in [4.69, 9.17) is 24.2 Å². The van der Waals surface area contributed by atoms with Crippen LogP contribution >= 0.6 is 22.7 Å². The summed E-state index contributed by atoms with van der Waals surface area (Å²) in [6.07, 6.45) is 0.657. The molecule has 0 aliphatic heterocycles. The minimum atomic E-state index is -0.545. The molecule has 0 fully saturated rings. The van der Waals surface area contributed by atoms with Crippen molar-refractivity contribution >= 4 is 77.9 Å². The fourth-order valence-corrected chi connectivity index (χ4v) is 8.40. The second kappa shape index (κ2) is 20.5. The van der Waals surface area contributed by atoms with Crippen molar-refractivity contribution in [2.24, 2.45) is 0 Å². The number of nitrogens with zero attached hydrogens (tertiary/aromatic N) is 3. The van der Waals surface area contributed by atoms with E-state index in [-0.39, 0.29) is 13.2 Å². The number of anilines is 5. The van der Waals surface area contributed by atoms with Crippen LogP contribution in [0.25, 0.3) is 41.3 Å². The molecule has 0 aliphatic rings. The first kappa shape index (κ1) is 44.5. The lowest BCUT2D eigenvalue weighted by atomic mass is 10.1. The molecular weight excluding hydrogens is 837 g/mol. The van der Waals surface area contributed by atoms with Crippen LogP contribution in [-0.4, -0.2) is 55.3 Å². The van der Waals surface area contributed by atoms with E-state index >= 15 is 0 Å². The number of nitrogens with one attached hydrogen (secondary N) is 2. The fourth-order valence-electron chi connectivity index (χ4n) is 6.33. The second-order valence-electron chi connectivity index (χ2n) is 15.4. The smallest absolute Gasteiger partial charge is 0.414 e. The Hall–Kier alpha value is -6.57. The molecule has 1 amide bonds. The van der Waals surface area contributed by atoms with E-state index in [9.17, 15) is 13.6 Å². The van der Waals surface area contributed by atoms with Gasteiger partial charge < -0.3 is 24.8 Å². The summed E-state index contributed by atoms with van der Waals surface area (Å²) in [6.45, 7) is 6.83. The molecule has 9 nitrogen and oxygen atoms in total. The Balaban J connectivity index is 0.000000193. The molecule has 0 radical (unpaired) electrons. The maximum atomic E-state index is 12.3. The van der Waals surface area contributed by atoms with Crippen molar-refractivity contribution in [1.82, 2.24) is 9.97 Å². The van der Waals surface area contributed by atoms with E-state index in [1.165, 1.54) is 20.9 Å². The Morgan fingerprint density at radius 1 is 0.635 bits per heavy atom. The van der Waals surface area contributed by atoms with Gasteiger partial charge in [-0.2, -0.15) is 0 Å². The van der Waals surface area contributed by atoms with E-state index < -0.39 is 25.0 Å². The van der Waals surface area contributed by atoms with Gasteiger partial charge in [0.25, 0.3) is 0 Å². The largest absolute Gasteiger partial charge is 0.491 e. The standard InChI is InChI=1S/C27H28FN3O3S.C23H21FN2OS/c1-27(2,3)34-26(32)31(4)21-10-5-18(6-11-21)23-17-19-7-14-24(30-25(19)35-23)29-20-8-12-22(13-9-20)33-16-15-28;1-2-16-3-5-17(6-4-16)21-15-18-7-12-22(26-23(18)28-21)25-19-8-10-20(11-9-19)27-14-13-24/h5-14,17H,15-16H2,1-4H3,(H,29,30);3-12,15H,2,13-14H2,1H3,(H,25,26). The Labute approximate surface area is 374 Å². The van der Waals surface area contributed by atoms with Gasteiger partial charge in [0.1, 0.15) is 65.0 Å².